The second-order valence-corrected chi connectivity index (χ2v) is 9.83. The lowest BCUT2D eigenvalue weighted by Crippen LogP contribution is -2.12. The van der Waals surface area contributed by atoms with Crippen molar-refractivity contribution < 1.29 is 14.2 Å². The number of aryl methyl sites for hydroxylation is 1. The van der Waals surface area contributed by atoms with Gasteiger partial charge in [0.05, 0.1) is 23.3 Å². The molecule has 35 heavy (non-hydrogen) atoms. The molecule has 1 saturated carbocycles. The Morgan fingerprint density at radius 2 is 2.11 bits per heavy atom. The summed E-state index contributed by atoms with van der Waals surface area (Å²) >= 11 is 9.65. The van der Waals surface area contributed by atoms with Crippen molar-refractivity contribution in [2.24, 2.45) is 5.92 Å². The molecule has 0 saturated heterocycles. The van der Waals surface area contributed by atoms with Gasteiger partial charge in [0.1, 0.15) is 30.0 Å². The largest absolute Gasteiger partial charge is 0.487 e. The molecule has 5 rings (SSSR count). The third-order valence-corrected chi connectivity index (χ3v) is 6.47. The fraction of sp³-hybridized carbons (Fsp3) is 0.333. The van der Waals surface area contributed by atoms with Crippen molar-refractivity contribution in [3.05, 3.63) is 80.8 Å². The first-order chi connectivity index (χ1) is 16.9. The SMILES string of the molecule is CCc1ncc(Br)cc1OCc1cc(F)ccc1-n1nc(Cl)cc1C(O)c1cn(CC2CC2)nn1. The Morgan fingerprint density at radius 3 is 2.89 bits per heavy atom. The van der Waals surface area contributed by atoms with Crippen molar-refractivity contribution in [1.82, 2.24) is 29.8 Å². The molecule has 0 spiro atoms. The van der Waals surface area contributed by atoms with Crippen LogP contribution in [0.5, 0.6) is 5.75 Å². The van der Waals surface area contributed by atoms with E-state index in [0.717, 1.165) is 16.7 Å². The molecule has 1 N–H and O–H groups in total. The summed E-state index contributed by atoms with van der Waals surface area (Å²) in [4.78, 5) is 4.38. The highest BCUT2D eigenvalue weighted by Crippen LogP contribution is 2.32. The molecule has 0 amide bonds. The van der Waals surface area contributed by atoms with Gasteiger partial charge in [0.25, 0.3) is 0 Å². The Balaban J connectivity index is 1.46. The topological polar surface area (TPSA) is 90.9 Å². The number of ether oxygens (including phenoxy) is 1. The molecule has 1 aromatic carbocycles. The molecule has 3 aromatic heterocycles. The molecular weight excluding hydrogens is 539 g/mol. The van der Waals surface area contributed by atoms with Crippen LogP contribution in [0.15, 0.2) is 47.2 Å². The van der Waals surface area contributed by atoms with Crippen LogP contribution in [0.3, 0.4) is 0 Å². The van der Waals surface area contributed by atoms with Crippen molar-refractivity contribution in [1.29, 1.82) is 0 Å². The van der Waals surface area contributed by atoms with Gasteiger partial charge in [-0.2, -0.15) is 5.10 Å². The van der Waals surface area contributed by atoms with Gasteiger partial charge in [0.15, 0.2) is 5.15 Å². The minimum absolute atomic E-state index is 0.0583. The normalized spacial score (nSPS) is 14.3. The molecule has 4 aromatic rings. The van der Waals surface area contributed by atoms with Gasteiger partial charge in [-0.05, 0) is 65.4 Å². The molecule has 0 bridgehead atoms. The molecule has 182 valence electrons. The Morgan fingerprint density at radius 1 is 1.29 bits per heavy atom. The van der Waals surface area contributed by atoms with Crippen LogP contribution in [-0.4, -0.2) is 34.9 Å². The molecule has 0 radical (unpaired) electrons. The summed E-state index contributed by atoms with van der Waals surface area (Å²) in [7, 11) is 0. The number of rotatable bonds is 9. The van der Waals surface area contributed by atoms with E-state index in [1.54, 1.807) is 29.2 Å². The van der Waals surface area contributed by atoms with E-state index in [4.69, 9.17) is 16.3 Å². The zero-order valence-electron chi connectivity index (χ0n) is 18.9. The highest BCUT2D eigenvalue weighted by Gasteiger charge is 2.25. The van der Waals surface area contributed by atoms with E-state index < -0.39 is 11.9 Å². The van der Waals surface area contributed by atoms with Gasteiger partial charge in [0, 0.05) is 28.8 Å². The standard InChI is InChI=1S/C24H23BrClFN6O2/c1-2-18-22(8-16(25)10-28-18)35-13-15-7-17(27)5-6-20(15)33-21(9-23(26)30-33)24(34)19-12-32(31-29-19)11-14-3-4-14/h5-10,12,14,24,34H,2-4,11,13H2,1H3. The second kappa shape index (κ2) is 10.0. The lowest BCUT2D eigenvalue weighted by atomic mass is 10.1. The van der Waals surface area contributed by atoms with Crippen LogP contribution >= 0.6 is 27.5 Å². The zero-order valence-corrected chi connectivity index (χ0v) is 21.2. The van der Waals surface area contributed by atoms with E-state index in [0.29, 0.717) is 40.7 Å². The van der Waals surface area contributed by atoms with Crippen LogP contribution in [0.1, 0.15) is 48.5 Å². The minimum atomic E-state index is -1.12. The molecule has 8 nitrogen and oxygen atoms in total. The van der Waals surface area contributed by atoms with E-state index in [1.165, 1.54) is 29.7 Å². The van der Waals surface area contributed by atoms with Crippen LogP contribution in [0.25, 0.3) is 5.69 Å². The van der Waals surface area contributed by atoms with Crippen LogP contribution in [-0.2, 0) is 19.6 Å². The fourth-order valence-corrected chi connectivity index (χ4v) is 4.37. The smallest absolute Gasteiger partial charge is 0.151 e. The minimum Gasteiger partial charge on any atom is -0.487 e. The fourth-order valence-electron chi connectivity index (χ4n) is 3.87. The molecule has 1 aliphatic rings. The third-order valence-electron chi connectivity index (χ3n) is 5.85. The highest BCUT2D eigenvalue weighted by atomic mass is 79.9. The van der Waals surface area contributed by atoms with Crippen LogP contribution in [0.4, 0.5) is 4.39 Å². The summed E-state index contributed by atoms with van der Waals surface area (Å²) in [5.74, 6) is 0.805. The number of aromatic nitrogens is 6. The summed E-state index contributed by atoms with van der Waals surface area (Å²) in [5, 5.41) is 23.9. The van der Waals surface area contributed by atoms with Gasteiger partial charge in [-0.25, -0.2) is 9.07 Å². The second-order valence-electron chi connectivity index (χ2n) is 8.53. The first kappa shape index (κ1) is 23.9. The van der Waals surface area contributed by atoms with E-state index >= 15 is 0 Å². The molecule has 1 aliphatic carbocycles. The van der Waals surface area contributed by atoms with Gasteiger partial charge in [0.2, 0.25) is 0 Å². The summed E-state index contributed by atoms with van der Waals surface area (Å²) in [6, 6.07) is 7.68. The summed E-state index contributed by atoms with van der Waals surface area (Å²) < 4.78 is 24.3. The average molecular weight is 562 g/mol. The molecule has 3 heterocycles. The first-order valence-electron chi connectivity index (χ1n) is 11.3. The monoisotopic (exact) mass is 560 g/mol. The van der Waals surface area contributed by atoms with Gasteiger partial charge in [-0.3, -0.25) is 9.67 Å². The molecule has 1 fully saturated rings. The molecule has 11 heteroatoms. The first-order valence-corrected chi connectivity index (χ1v) is 12.5. The Hall–Kier alpha value is -2.82. The predicted molar refractivity (Wildman–Crippen MR) is 131 cm³/mol. The van der Waals surface area contributed by atoms with Gasteiger partial charge < -0.3 is 9.84 Å². The van der Waals surface area contributed by atoms with Gasteiger partial charge in [-0.15, -0.1) is 5.10 Å². The number of halogens is 3. The van der Waals surface area contributed by atoms with Gasteiger partial charge >= 0.3 is 0 Å². The summed E-state index contributed by atoms with van der Waals surface area (Å²) in [6.45, 7) is 2.82. The zero-order chi connectivity index (χ0) is 24.5. The van der Waals surface area contributed by atoms with Crippen molar-refractivity contribution >= 4 is 27.5 Å². The maximum atomic E-state index is 14.2. The number of hydrogen-bond acceptors (Lipinski definition) is 6. The maximum Gasteiger partial charge on any atom is 0.151 e. The van der Waals surface area contributed by atoms with Crippen LogP contribution in [0.2, 0.25) is 5.15 Å². The number of hydrogen-bond donors (Lipinski definition) is 1. The Labute approximate surface area is 214 Å². The quantitative estimate of drug-likeness (QED) is 0.308. The van der Waals surface area contributed by atoms with E-state index in [-0.39, 0.29) is 11.8 Å². The lowest BCUT2D eigenvalue weighted by molar-refractivity contribution is 0.206. The molecular formula is C24H23BrClFN6O2. The molecule has 1 unspecified atom stereocenters. The number of aliphatic hydroxyl groups is 1. The number of aliphatic hydroxyl groups excluding tert-OH is 1. The van der Waals surface area contributed by atoms with Crippen molar-refractivity contribution in [2.45, 2.75) is 45.4 Å². The average Bonchev–Trinajstić information content (AvgIpc) is 3.38. The summed E-state index contributed by atoms with van der Waals surface area (Å²) in [5.41, 5.74) is 2.62. The predicted octanol–water partition coefficient (Wildman–Crippen LogP) is 5.05. The number of benzene rings is 1. The van der Waals surface area contributed by atoms with E-state index in [2.05, 4.69) is 36.3 Å². The van der Waals surface area contributed by atoms with Gasteiger partial charge in [-0.1, -0.05) is 23.7 Å². The van der Waals surface area contributed by atoms with E-state index in [9.17, 15) is 9.50 Å². The summed E-state index contributed by atoms with van der Waals surface area (Å²) in [6.07, 6.45) is 5.37. The molecule has 1 atom stereocenters. The number of nitrogens with zero attached hydrogens (tertiary/aromatic N) is 6. The lowest BCUT2D eigenvalue weighted by Gasteiger charge is -2.16. The number of pyridine rings is 1. The Bertz CT molecular complexity index is 1360. The van der Waals surface area contributed by atoms with Crippen molar-refractivity contribution in [3.63, 3.8) is 0 Å². The van der Waals surface area contributed by atoms with Crippen LogP contribution < -0.4 is 4.74 Å². The maximum absolute atomic E-state index is 14.2. The van der Waals surface area contributed by atoms with Crippen molar-refractivity contribution in [3.8, 4) is 11.4 Å². The highest BCUT2D eigenvalue weighted by molar-refractivity contribution is 9.10. The third kappa shape index (κ3) is 5.39. The van der Waals surface area contributed by atoms with Crippen LogP contribution in [0, 0.1) is 11.7 Å². The van der Waals surface area contributed by atoms with E-state index in [1.807, 2.05) is 13.0 Å². The van der Waals surface area contributed by atoms with Crippen molar-refractivity contribution in [2.75, 3.05) is 0 Å². The molecule has 0 aliphatic heterocycles. The Kier molecular flexibility index (Phi) is 6.86.